The van der Waals surface area contributed by atoms with Crippen molar-refractivity contribution in [3.05, 3.63) is 0 Å². The van der Waals surface area contributed by atoms with E-state index in [-0.39, 0.29) is 0 Å². The molecule has 8 heteroatoms. The number of hydrogen-bond acceptors (Lipinski definition) is 5. The Morgan fingerprint density at radius 3 is 2.52 bits per heavy atom. The second kappa shape index (κ2) is 6.75. The van der Waals surface area contributed by atoms with Crippen LogP contribution in [0.5, 0.6) is 0 Å². The van der Waals surface area contributed by atoms with E-state index in [1.165, 1.54) is 4.90 Å². The number of primary amides is 1. The maximum absolute atomic E-state index is 12.1. The summed E-state index contributed by atoms with van der Waals surface area (Å²) in [5.41, 5.74) is 4.40. The molecule has 8 nitrogen and oxygen atoms in total. The molecule has 0 radical (unpaired) electrons. The van der Waals surface area contributed by atoms with Crippen LogP contribution in [0.2, 0.25) is 0 Å². The number of aliphatic hydroxyl groups is 1. The molecule has 1 aliphatic rings. The summed E-state index contributed by atoms with van der Waals surface area (Å²) in [4.78, 5) is 36.5. The lowest BCUT2D eigenvalue weighted by atomic mass is 10.2. The fourth-order valence-corrected chi connectivity index (χ4v) is 2.05. The van der Waals surface area contributed by atoms with Crippen LogP contribution in [0.3, 0.4) is 0 Å². The van der Waals surface area contributed by atoms with E-state index in [1.54, 1.807) is 20.8 Å². The van der Waals surface area contributed by atoms with E-state index in [2.05, 4.69) is 5.32 Å². The molecule has 1 fully saturated rings. The first-order valence-corrected chi connectivity index (χ1v) is 6.86. The van der Waals surface area contributed by atoms with Gasteiger partial charge in [-0.2, -0.15) is 0 Å². The molecule has 4 N–H and O–H groups in total. The highest BCUT2D eigenvalue weighted by atomic mass is 16.6. The standard InChI is InChI=1S/C13H23N3O5/c1-13(2,3)21-12(20)16-6-4-5-9(16)11(19)15-8(7-17)10(14)18/h8-9,17H,4-7H2,1-3H3,(H2,14,18)(H,15,19)/t8-,9-/m0/s1. The van der Waals surface area contributed by atoms with Crippen molar-refractivity contribution in [3.63, 3.8) is 0 Å². The fraction of sp³-hybridized carbons (Fsp3) is 0.769. The Bertz CT molecular complexity index is 419. The van der Waals surface area contributed by atoms with E-state index in [0.29, 0.717) is 19.4 Å². The summed E-state index contributed by atoms with van der Waals surface area (Å²) < 4.78 is 5.25. The van der Waals surface area contributed by atoms with Gasteiger partial charge in [-0.1, -0.05) is 0 Å². The van der Waals surface area contributed by atoms with Gasteiger partial charge in [0.2, 0.25) is 11.8 Å². The molecular weight excluding hydrogens is 278 g/mol. The maximum Gasteiger partial charge on any atom is 0.410 e. The topological polar surface area (TPSA) is 122 Å². The summed E-state index contributed by atoms with van der Waals surface area (Å²) >= 11 is 0. The van der Waals surface area contributed by atoms with Crippen molar-refractivity contribution in [3.8, 4) is 0 Å². The molecule has 0 aromatic carbocycles. The Morgan fingerprint density at radius 1 is 1.43 bits per heavy atom. The van der Waals surface area contributed by atoms with Crippen LogP contribution < -0.4 is 11.1 Å². The molecule has 0 aromatic rings. The first-order chi connectivity index (χ1) is 9.65. The lowest BCUT2D eigenvalue weighted by Crippen LogP contribution is -2.54. The molecule has 2 atom stereocenters. The molecule has 0 spiro atoms. The molecule has 0 bridgehead atoms. The number of rotatable bonds is 4. The smallest absolute Gasteiger partial charge is 0.410 e. The minimum Gasteiger partial charge on any atom is -0.444 e. The van der Waals surface area contributed by atoms with Gasteiger partial charge in [0.1, 0.15) is 17.7 Å². The summed E-state index contributed by atoms with van der Waals surface area (Å²) in [5, 5.41) is 11.3. The summed E-state index contributed by atoms with van der Waals surface area (Å²) in [5.74, 6) is -1.34. The molecule has 0 unspecified atom stereocenters. The van der Waals surface area contributed by atoms with Gasteiger partial charge in [0, 0.05) is 6.54 Å². The molecule has 1 saturated heterocycles. The first kappa shape index (κ1) is 17.2. The third kappa shape index (κ3) is 4.89. The molecular formula is C13H23N3O5. The van der Waals surface area contributed by atoms with Crippen molar-refractivity contribution >= 4 is 17.9 Å². The van der Waals surface area contributed by atoms with Gasteiger partial charge in [0.15, 0.2) is 0 Å². The van der Waals surface area contributed by atoms with Crippen molar-refractivity contribution in [2.24, 2.45) is 5.73 Å². The molecule has 1 heterocycles. The zero-order valence-electron chi connectivity index (χ0n) is 12.6. The Kier molecular flexibility index (Phi) is 5.54. The summed E-state index contributed by atoms with van der Waals surface area (Å²) in [6, 6.07) is -1.87. The number of ether oxygens (including phenoxy) is 1. The van der Waals surface area contributed by atoms with Crippen LogP contribution in [-0.2, 0) is 14.3 Å². The monoisotopic (exact) mass is 301 g/mol. The number of aliphatic hydroxyl groups excluding tert-OH is 1. The number of nitrogens with two attached hydrogens (primary N) is 1. The van der Waals surface area contributed by atoms with Crippen molar-refractivity contribution in [2.45, 2.75) is 51.3 Å². The van der Waals surface area contributed by atoms with Crippen LogP contribution in [-0.4, -0.2) is 58.8 Å². The van der Waals surface area contributed by atoms with E-state index >= 15 is 0 Å². The van der Waals surface area contributed by atoms with Gasteiger partial charge < -0.3 is 20.9 Å². The zero-order chi connectivity index (χ0) is 16.2. The number of nitrogens with one attached hydrogen (secondary N) is 1. The average Bonchev–Trinajstić information content (AvgIpc) is 2.82. The molecule has 3 amide bonds. The van der Waals surface area contributed by atoms with Gasteiger partial charge in [0.25, 0.3) is 0 Å². The molecule has 0 aliphatic carbocycles. The van der Waals surface area contributed by atoms with Crippen LogP contribution in [0, 0.1) is 0 Å². The van der Waals surface area contributed by atoms with Crippen LogP contribution in [0.15, 0.2) is 0 Å². The van der Waals surface area contributed by atoms with Crippen LogP contribution in [0.1, 0.15) is 33.6 Å². The molecule has 21 heavy (non-hydrogen) atoms. The van der Waals surface area contributed by atoms with Crippen molar-refractivity contribution in [1.82, 2.24) is 10.2 Å². The lowest BCUT2D eigenvalue weighted by molar-refractivity contribution is -0.130. The largest absolute Gasteiger partial charge is 0.444 e. The number of amides is 3. The normalized spacial score (nSPS) is 20.0. The molecule has 0 aromatic heterocycles. The van der Waals surface area contributed by atoms with E-state index in [0.717, 1.165) is 0 Å². The zero-order valence-corrected chi connectivity index (χ0v) is 12.6. The highest BCUT2D eigenvalue weighted by Crippen LogP contribution is 2.21. The molecule has 120 valence electrons. The van der Waals surface area contributed by atoms with E-state index in [4.69, 9.17) is 15.6 Å². The number of carbonyl (C=O) groups is 3. The van der Waals surface area contributed by atoms with Crippen molar-refractivity contribution < 1.29 is 24.2 Å². The molecule has 0 saturated carbocycles. The van der Waals surface area contributed by atoms with Crippen LogP contribution in [0.25, 0.3) is 0 Å². The highest BCUT2D eigenvalue weighted by molar-refractivity contribution is 5.91. The summed E-state index contributed by atoms with van der Waals surface area (Å²) in [6.07, 6.45) is 0.569. The van der Waals surface area contributed by atoms with E-state index in [9.17, 15) is 14.4 Å². The number of likely N-dealkylation sites (tertiary alicyclic amines) is 1. The Hall–Kier alpha value is -1.83. The van der Waals surface area contributed by atoms with E-state index < -0.39 is 42.2 Å². The van der Waals surface area contributed by atoms with Gasteiger partial charge in [-0.25, -0.2) is 4.79 Å². The van der Waals surface area contributed by atoms with E-state index in [1.807, 2.05) is 0 Å². The van der Waals surface area contributed by atoms with Gasteiger partial charge in [-0.3, -0.25) is 14.5 Å². The highest BCUT2D eigenvalue weighted by Gasteiger charge is 2.37. The second-order valence-electron chi connectivity index (χ2n) is 5.98. The SMILES string of the molecule is CC(C)(C)OC(=O)N1CCC[C@H]1C(=O)N[C@@H](CO)C(N)=O. The van der Waals surface area contributed by atoms with Gasteiger partial charge in [0.05, 0.1) is 6.61 Å². The van der Waals surface area contributed by atoms with Gasteiger partial charge in [-0.05, 0) is 33.6 Å². The number of nitrogens with zero attached hydrogens (tertiary/aromatic N) is 1. The Morgan fingerprint density at radius 2 is 2.05 bits per heavy atom. The minimum atomic E-state index is -1.15. The number of carbonyl (C=O) groups excluding carboxylic acids is 3. The third-order valence-corrected chi connectivity index (χ3v) is 3.03. The predicted molar refractivity (Wildman–Crippen MR) is 74.2 cm³/mol. The predicted octanol–water partition coefficient (Wildman–Crippen LogP) is -0.652. The Balaban J connectivity index is 2.70. The number of hydrogen-bond donors (Lipinski definition) is 3. The molecule has 1 aliphatic heterocycles. The maximum atomic E-state index is 12.1. The summed E-state index contributed by atoms with van der Waals surface area (Å²) in [6.45, 7) is 5.05. The lowest BCUT2D eigenvalue weighted by Gasteiger charge is -2.28. The van der Waals surface area contributed by atoms with Crippen LogP contribution >= 0.6 is 0 Å². The molecule has 1 rings (SSSR count). The fourth-order valence-electron chi connectivity index (χ4n) is 2.05. The van der Waals surface area contributed by atoms with Crippen molar-refractivity contribution in [2.75, 3.05) is 13.2 Å². The first-order valence-electron chi connectivity index (χ1n) is 6.86. The minimum absolute atomic E-state index is 0.410. The van der Waals surface area contributed by atoms with Gasteiger partial charge in [-0.15, -0.1) is 0 Å². The quantitative estimate of drug-likeness (QED) is 0.637. The van der Waals surface area contributed by atoms with Gasteiger partial charge >= 0.3 is 6.09 Å². The van der Waals surface area contributed by atoms with Crippen LogP contribution in [0.4, 0.5) is 4.79 Å². The average molecular weight is 301 g/mol. The second-order valence-corrected chi connectivity index (χ2v) is 5.98. The summed E-state index contributed by atoms with van der Waals surface area (Å²) in [7, 11) is 0. The van der Waals surface area contributed by atoms with Crippen molar-refractivity contribution in [1.29, 1.82) is 0 Å². The Labute approximate surface area is 123 Å². The third-order valence-electron chi connectivity index (χ3n) is 3.03.